The number of hydrogen-bond acceptors (Lipinski definition) is 5. The van der Waals surface area contributed by atoms with E-state index in [1.54, 1.807) is 18.2 Å². The molecule has 0 fully saturated rings. The molecule has 0 saturated heterocycles. The van der Waals surface area contributed by atoms with Crippen LogP contribution in [0.15, 0.2) is 115 Å². The van der Waals surface area contributed by atoms with E-state index < -0.39 is 28.4 Å². The van der Waals surface area contributed by atoms with Gasteiger partial charge in [-0.3, -0.25) is 9.78 Å². The van der Waals surface area contributed by atoms with Crippen LogP contribution in [0.5, 0.6) is 0 Å². The number of aromatic nitrogens is 1. The summed E-state index contributed by atoms with van der Waals surface area (Å²) in [5.41, 5.74) is 4.39. The minimum atomic E-state index is -3.10. The van der Waals surface area contributed by atoms with Gasteiger partial charge in [0, 0.05) is 16.5 Å². The Morgan fingerprint density at radius 2 is 1.48 bits per heavy atom. The quantitative estimate of drug-likeness (QED) is 0.0915. The lowest BCUT2D eigenvalue weighted by Crippen LogP contribution is -2.68. The normalized spacial score (nSPS) is 13.2. The Hall–Kier alpha value is -4.33. The predicted molar refractivity (Wildman–Crippen MR) is 203 cm³/mol. The molecule has 0 amide bonds. The van der Waals surface area contributed by atoms with Gasteiger partial charge in [-0.15, -0.1) is 4.52 Å². The van der Waals surface area contributed by atoms with Crippen LogP contribution in [0.4, 0.5) is 4.39 Å². The highest BCUT2D eigenvalue weighted by molar-refractivity contribution is 7.39. The van der Waals surface area contributed by atoms with Gasteiger partial charge in [-0.2, -0.15) is 0 Å². The van der Waals surface area contributed by atoms with Crippen molar-refractivity contribution >= 4 is 49.7 Å². The number of benzene rings is 4. The molecule has 0 spiro atoms. The lowest BCUT2D eigenvalue weighted by molar-refractivity contribution is -0.138. The highest BCUT2D eigenvalue weighted by atomic mass is 31.1. The van der Waals surface area contributed by atoms with Gasteiger partial charge in [-0.25, -0.2) is 4.39 Å². The molecule has 0 radical (unpaired) electrons. The summed E-state index contributed by atoms with van der Waals surface area (Å²) < 4.78 is 40.3. The number of nitrogens with zero attached hydrogens (tertiary/aromatic N) is 1. The van der Waals surface area contributed by atoms with Crippen LogP contribution in [0.3, 0.4) is 0 Å². The first-order chi connectivity index (χ1) is 23.9. The van der Waals surface area contributed by atoms with E-state index in [1.165, 1.54) is 12.1 Å². The van der Waals surface area contributed by atoms with Gasteiger partial charge in [0.25, 0.3) is 8.32 Å². The standard InChI is InChI=1S/C41H43FNO5PSi/c1-29(2)40-36(39(30-22-24-31(42)25-23-30)35-19-12-13-21-37(35)43-40)20-14-26-47-49(46)28-32(27-38(44)45)48-50(41(3,4)5,33-15-8-6-9-16-33)34-17-10-7-11-18-34/h6-25,29,32H,26-28H2,1-5H3/p+1/b20-14+/t32-/m0/s1. The Morgan fingerprint density at radius 1 is 0.900 bits per heavy atom. The van der Waals surface area contributed by atoms with Crippen LogP contribution in [0.1, 0.15) is 58.2 Å². The number of para-hydroxylation sites is 1. The Balaban J connectivity index is 1.42. The lowest BCUT2D eigenvalue weighted by Gasteiger charge is -2.44. The van der Waals surface area contributed by atoms with Gasteiger partial charge in [0.15, 0.2) is 0 Å². The maximum absolute atomic E-state index is 13.9. The number of aliphatic carboxylic acids is 1. The van der Waals surface area contributed by atoms with Gasteiger partial charge < -0.3 is 9.53 Å². The minimum Gasteiger partial charge on any atom is -0.481 e. The maximum Gasteiger partial charge on any atom is 0.511 e. The van der Waals surface area contributed by atoms with Crippen molar-refractivity contribution in [2.45, 2.75) is 58.1 Å². The molecule has 1 N–H and O–H groups in total. The van der Waals surface area contributed by atoms with Crippen LogP contribution < -0.4 is 10.4 Å². The number of carboxylic acids is 1. The van der Waals surface area contributed by atoms with Crippen LogP contribution in [-0.4, -0.2) is 43.2 Å². The van der Waals surface area contributed by atoms with E-state index >= 15 is 0 Å². The summed E-state index contributed by atoms with van der Waals surface area (Å²) in [5, 5.41) is 12.5. The number of hydrogen-bond donors (Lipinski definition) is 1. The molecule has 6 nitrogen and oxygen atoms in total. The fourth-order valence-corrected chi connectivity index (χ4v) is 12.3. The molecular formula is C41H44FNO5PSi+. The van der Waals surface area contributed by atoms with E-state index in [1.807, 2.05) is 91.0 Å². The number of carboxylic acid groups (broad SMARTS) is 1. The molecule has 258 valence electrons. The summed E-state index contributed by atoms with van der Waals surface area (Å²) in [4.78, 5) is 17.1. The first-order valence-electron chi connectivity index (χ1n) is 16.8. The van der Waals surface area contributed by atoms with E-state index in [9.17, 15) is 18.9 Å². The summed E-state index contributed by atoms with van der Waals surface area (Å²) in [5.74, 6) is -1.26. The topological polar surface area (TPSA) is 85.7 Å². The Morgan fingerprint density at radius 3 is 2.04 bits per heavy atom. The number of rotatable bonds is 14. The second kappa shape index (κ2) is 16.1. The van der Waals surface area contributed by atoms with Crippen LogP contribution >= 0.6 is 8.03 Å². The molecule has 0 aliphatic heterocycles. The SMILES string of the molecule is CC(C)c1nc2ccccc2c(-c2ccc(F)cc2)c1/C=C/CO[P+](=O)C[C@H](CC(=O)O)O[Si](c1ccccc1)(c1ccccc1)C(C)(C)C. The number of pyridine rings is 1. The molecule has 5 aromatic rings. The van der Waals surface area contributed by atoms with Gasteiger partial charge in [-0.1, -0.05) is 138 Å². The first kappa shape index (κ1) is 36.9. The van der Waals surface area contributed by atoms with Crippen molar-refractivity contribution in [1.29, 1.82) is 0 Å². The zero-order valence-electron chi connectivity index (χ0n) is 29.2. The van der Waals surface area contributed by atoms with Gasteiger partial charge >= 0.3 is 14.0 Å². The van der Waals surface area contributed by atoms with Crippen LogP contribution in [0, 0.1) is 5.82 Å². The summed E-state index contributed by atoms with van der Waals surface area (Å²) in [6.45, 7) is 10.5. The van der Waals surface area contributed by atoms with E-state index in [0.29, 0.717) is 0 Å². The second-order valence-corrected chi connectivity index (χ2v) is 19.2. The zero-order chi connectivity index (χ0) is 35.9. The van der Waals surface area contributed by atoms with Gasteiger partial charge in [-0.05, 0) is 49.7 Å². The molecule has 2 atom stereocenters. The summed E-state index contributed by atoms with van der Waals surface area (Å²) >= 11 is 0. The number of fused-ring (bicyclic) bond motifs is 1. The molecular weight excluding hydrogens is 665 g/mol. The third-order valence-corrected chi connectivity index (χ3v) is 15.0. The molecule has 1 heterocycles. The van der Waals surface area contributed by atoms with Crippen molar-refractivity contribution in [2.24, 2.45) is 0 Å². The number of halogens is 1. The summed E-state index contributed by atoms with van der Waals surface area (Å²) in [7, 11) is -5.39. The molecule has 1 aromatic heterocycles. The summed E-state index contributed by atoms with van der Waals surface area (Å²) in [6.07, 6.45) is 2.48. The zero-order valence-corrected chi connectivity index (χ0v) is 31.1. The van der Waals surface area contributed by atoms with Crippen molar-refractivity contribution in [2.75, 3.05) is 12.8 Å². The molecule has 5 rings (SSSR count). The van der Waals surface area contributed by atoms with Crippen LogP contribution in [0.25, 0.3) is 28.1 Å². The van der Waals surface area contributed by atoms with E-state index in [4.69, 9.17) is 13.9 Å². The van der Waals surface area contributed by atoms with Crippen molar-refractivity contribution in [1.82, 2.24) is 4.98 Å². The Bertz CT molecular complexity index is 1920. The second-order valence-electron chi connectivity index (χ2n) is 13.7. The van der Waals surface area contributed by atoms with Crippen LogP contribution in [-0.2, 0) is 18.3 Å². The highest BCUT2D eigenvalue weighted by Gasteiger charge is 2.52. The third-order valence-electron chi connectivity index (χ3n) is 8.75. The first-order valence-corrected chi connectivity index (χ1v) is 20.1. The van der Waals surface area contributed by atoms with Crippen molar-refractivity contribution in [3.05, 3.63) is 132 Å². The fourth-order valence-electron chi connectivity index (χ4n) is 6.57. The monoisotopic (exact) mass is 708 g/mol. The van der Waals surface area contributed by atoms with Crippen molar-refractivity contribution in [3.63, 3.8) is 0 Å². The summed E-state index contributed by atoms with van der Waals surface area (Å²) in [6, 6.07) is 34.2. The van der Waals surface area contributed by atoms with E-state index in [0.717, 1.165) is 43.7 Å². The molecule has 0 bridgehead atoms. The van der Waals surface area contributed by atoms with Gasteiger partial charge in [0.05, 0.1) is 17.6 Å². The Labute approximate surface area is 296 Å². The number of carbonyl (C=O) groups is 1. The predicted octanol–water partition coefficient (Wildman–Crippen LogP) is 9.36. The van der Waals surface area contributed by atoms with Gasteiger partial charge in [0.1, 0.15) is 18.5 Å². The minimum absolute atomic E-state index is 0.0292. The lowest BCUT2D eigenvalue weighted by atomic mass is 9.90. The van der Waals surface area contributed by atoms with Gasteiger partial charge in [0.2, 0.25) is 6.16 Å². The smallest absolute Gasteiger partial charge is 0.481 e. The average Bonchev–Trinajstić information content (AvgIpc) is 3.09. The van der Waals surface area contributed by atoms with Crippen molar-refractivity contribution in [3.8, 4) is 11.1 Å². The Kier molecular flexibility index (Phi) is 11.9. The maximum atomic E-state index is 13.9. The molecule has 4 aromatic carbocycles. The largest absolute Gasteiger partial charge is 0.511 e. The average molecular weight is 709 g/mol. The molecule has 9 heteroatoms. The third kappa shape index (κ3) is 8.33. The molecule has 50 heavy (non-hydrogen) atoms. The highest BCUT2D eigenvalue weighted by Crippen LogP contribution is 2.40. The molecule has 0 aliphatic carbocycles. The molecule has 0 saturated carbocycles. The fraction of sp³-hybridized carbons (Fsp3) is 0.268. The molecule has 0 aliphatic rings. The van der Waals surface area contributed by atoms with Crippen molar-refractivity contribution < 1.29 is 27.8 Å². The van der Waals surface area contributed by atoms with E-state index in [-0.39, 0.29) is 36.0 Å². The van der Waals surface area contributed by atoms with E-state index in [2.05, 4.69) is 34.6 Å². The molecule has 1 unspecified atom stereocenters. The van der Waals surface area contributed by atoms with Crippen LogP contribution in [0.2, 0.25) is 5.04 Å².